The van der Waals surface area contributed by atoms with Crippen LogP contribution in [0.2, 0.25) is 0 Å². The fourth-order valence-electron chi connectivity index (χ4n) is 6.78. The zero-order chi connectivity index (χ0) is 30.7. The molecule has 2 aromatic heterocycles. The monoisotopic (exact) mass is 609 g/mol. The van der Waals surface area contributed by atoms with Crippen molar-refractivity contribution < 1.29 is 31.4 Å². The molecule has 0 bridgehead atoms. The van der Waals surface area contributed by atoms with Crippen molar-refractivity contribution in [3.8, 4) is 35.4 Å². The minimum absolute atomic E-state index is 0.0336. The number of halogens is 5. The van der Waals surface area contributed by atoms with Crippen LogP contribution >= 0.6 is 0 Å². The highest BCUT2D eigenvalue weighted by Crippen LogP contribution is 2.42. The molecule has 2 aromatic carbocycles. The van der Waals surface area contributed by atoms with Gasteiger partial charge in [0, 0.05) is 48.2 Å². The largest absolute Gasteiger partial charge is 0.463 e. The Hall–Kier alpha value is -4.24. The van der Waals surface area contributed by atoms with Crippen LogP contribution in [0.25, 0.3) is 32.9 Å². The van der Waals surface area contributed by atoms with Crippen LogP contribution in [0, 0.1) is 29.9 Å². The number of aromatic nitrogens is 3. The molecule has 7 nitrogen and oxygen atoms in total. The van der Waals surface area contributed by atoms with Gasteiger partial charge in [0.2, 0.25) is 0 Å². The molecule has 12 heteroatoms. The SMILES string of the molecule is C#Cc1c(F)ccc2cc(OC(F)F)cc(-c3nc(N4CC[C@@H]4C)c4cnc(OCC5C(F)CN6CCCC56)nc4c3F)c12. The van der Waals surface area contributed by atoms with E-state index in [1.807, 2.05) is 11.8 Å². The van der Waals surface area contributed by atoms with Crippen LogP contribution in [0.4, 0.5) is 27.8 Å². The molecule has 7 rings (SSSR count). The number of hydrogen-bond donors (Lipinski definition) is 0. The van der Waals surface area contributed by atoms with Crippen LogP contribution in [0.1, 0.15) is 31.7 Å². The lowest BCUT2D eigenvalue weighted by atomic mass is 9.95. The van der Waals surface area contributed by atoms with Gasteiger partial charge in [-0.25, -0.2) is 23.1 Å². The van der Waals surface area contributed by atoms with Crippen molar-refractivity contribution in [2.45, 2.75) is 51.1 Å². The van der Waals surface area contributed by atoms with Crippen LogP contribution in [0.5, 0.6) is 11.8 Å². The van der Waals surface area contributed by atoms with E-state index >= 15 is 4.39 Å². The van der Waals surface area contributed by atoms with Gasteiger partial charge in [-0.05, 0) is 56.3 Å². The number of fused-ring (bicyclic) bond motifs is 3. The summed E-state index contributed by atoms with van der Waals surface area (Å²) in [6, 6.07) is 4.94. The highest BCUT2D eigenvalue weighted by molar-refractivity contribution is 6.03. The Balaban J connectivity index is 1.38. The second-order valence-corrected chi connectivity index (χ2v) is 11.6. The third-order valence-corrected chi connectivity index (χ3v) is 9.08. The van der Waals surface area contributed by atoms with Gasteiger partial charge >= 0.3 is 12.6 Å². The average molecular weight is 610 g/mol. The van der Waals surface area contributed by atoms with Crippen molar-refractivity contribution >= 4 is 27.5 Å². The highest BCUT2D eigenvalue weighted by atomic mass is 19.3. The minimum atomic E-state index is -3.16. The first-order valence-corrected chi connectivity index (χ1v) is 14.5. The molecule has 5 heterocycles. The van der Waals surface area contributed by atoms with Gasteiger partial charge in [0.1, 0.15) is 34.8 Å². The molecule has 0 amide bonds. The Labute approximate surface area is 250 Å². The normalized spacial score (nSPS) is 23.3. The molecule has 3 aliphatic rings. The van der Waals surface area contributed by atoms with E-state index in [0.29, 0.717) is 24.3 Å². The molecule has 4 aromatic rings. The number of ether oxygens (including phenoxy) is 2. The van der Waals surface area contributed by atoms with E-state index in [2.05, 4.69) is 30.5 Å². The maximum Gasteiger partial charge on any atom is 0.387 e. The van der Waals surface area contributed by atoms with Crippen LogP contribution in [-0.2, 0) is 0 Å². The van der Waals surface area contributed by atoms with Crippen LogP contribution in [0.15, 0.2) is 30.5 Å². The second-order valence-electron chi connectivity index (χ2n) is 11.6. The van der Waals surface area contributed by atoms with Gasteiger partial charge in [0.25, 0.3) is 0 Å². The summed E-state index contributed by atoms with van der Waals surface area (Å²) in [5, 5.41) is 0.686. The molecule has 3 aliphatic heterocycles. The Morgan fingerprint density at radius 2 is 1.98 bits per heavy atom. The van der Waals surface area contributed by atoms with E-state index in [1.165, 1.54) is 24.4 Å². The standard InChI is InChI=1S/C32H28F5N5O2/c1-3-19-23(33)7-6-17-11-18(44-31(36)37)12-20(26(17)19)28-27(35)29-21(30(39-28)42-10-8-16(42)2)13-38-32(40-29)43-15-22-24(34)14-41-9-4-5-25(22)41/h1,6-7,11-13,16,22,24-25,31H,4-5,8-10,14-15H2,2H3/t16-,22?,24?,25?/m0/s1. The first-order valence-electron chi connectivity index (χ1n) is 14.5. The molecule has 3 saturated heterocycles. The number of anilines is 1. The highest BCUT2D eigenvalue weighted by Gasteiger charge is 2.44. The van der Waals surface area contributed by atoms with E-state index in [1.54, 1.807) is 0 Å². The van der Waals surface area contributed by atoms with E-state index in [4.69, 9.17) is 11.2 Å². The molecule has 0 aliphatic carbocycles. The van der Waals surface area contributed by atoms with E-state index < -0.39 is 24.4 Å². The first kappa shape index (κ1) is 28.5. The molecule has 44 heavy (non-hydrogen) atoms. The number of alkyl halides is 3. The number of nitrogens with zero attached hydrogens (tertiary/aromatic N) is 5. The fraction of sp³-hybridized carbons (Fsp3) is 0.406. The summed E-state index contributed by atoms with van der Waals surface area (Å²) >= 11 is 0. The summed E-state index contributed by atoms with van der Waals surface area (Å²) in [5.74, 6) is 0.399. The zero-order valence-electron chi connectivity index (χ0n) is 23.7. The third kappa shape index (κ3) is 4.74. The van der Waals surface area contributed by atoms with Gasteiger partial charge in [-0.1, -0.05) is 12.0 Å². The van der Waals surface area contributed by atoms with Crippen LogP contribution in [-0.4, -0.2) is 71.0 Å². The van der Waals surface area contributed by atoms with Gasteiger partial charge < -0.3 is 14.4 Å². The molecule has 4 atom stereocenters. The molecule has 0 spiro atoms. The Morgan fingerprint density at radius 1 is 1.14 bits per heavy atom. The summed E-state index contributed by atoms with van der Waals surface area (Å²) in [5.41, 5.74) is -0.615. The van der Waals surface area contributed by atoms with Crippen LogP contribution < -0.4 is 14.4 Å². The fourth-order valence-corrected chi connectivity index (χ4v) is 6.78. The topological polar surface area (TPSA) is 63.6 Å². The average Bonchev–Trinajstić information content (AvgIpc) is 3.56. The van der Waals surface area contributed by atoms with Gasteiger partial charge in [-0.2, -0.15) is 13.8 Å². The molecule has 3 unspecified atom stereocenters. The number of rotatable bonds is 7. The molecule has 228 valence electrons. The number of benzene rings is 2. The van der Waals surface area contributed by atoms with E-state index in [9.17, 15) is 17.6 Å². The number of pyridine rings is 1. The first-order chi connectivity index (χ1) is 21.2. The van der Waals surface area contributed by atoms with Gasteiger partial charge in [0.05, 0.1) is 17.6 Å². The van der Waals surface area contributed by atoms with Crippen molar-refractivity contribution in [2.24, 2.45) is 5.92 Å². The molecule has 3 fully saturated rings. The van der Waals surface area contributed by atoms with Gasteiger partial charge in [-0.15, -0.1) is 6.42 Å². The summed E-state index contributed by atoms with van der Waals surface area (Å²) in [6.45, 7) is 0.706. The predicted octanol–water partition coefficient (Wildman–Crippen LogP) is 6.12. The summed E-state index contributed by atoms with van der Waals surface area (Å²) in [7, 11) is 0. The van der Waals surface area contributed by atoms with Gasteiger partial charge in [0.15, 0.2) is 5.82 Å². The smallest absolute Gasteiger partial charge is 0.387 e. The van der Waals surface area contributed by atoms with E-state index in [0.717, 1.165) is 31.9 Å². The summed E-state index contributed by atoms with van der Waals surface area (Å²) in [4.78, 5) is 17.4. The van der Waals surface area contributed by atoms with Crippen molar-refractivity contribution in [3.63, 3.8) is 0 Å². The lowest BCUT2D eigenvalue weighted by Gasteiger charge is -2.40. The van der Waals surface area contributed by atoms with Crippen molar-refractivity contribution in [1.82, 2.24) is 19.9 Å². The minimum Gasteiger partial charge on any atom is -0.463 e. The summed E-state index contributed by atoms with van der Waals surface area (Å²) < 4.78 is 83.4. The lowest BCUT2D eigenvalue weighted by Crippen LogP contribution is -2.46. The van der Waals surface area contributed by atoms with Crippen molar-refractivity contribution in [2.75, 3.05) is 31.1 Å². The number of terminal acetylenes is 1. The lowest BCUT2D eigenvalue weighted by molar-refractivity contribution is -0.0497. The maximum absolute atomic E-state index is 16.6. The van der Waals surface area contributed by atoms with E-state index in [-0.39, 0.29) is 69.5 Å². The quantitative estimate of drug-likeness (QED) is 0.185. The van der Waals surface area contributed by atoms with Gasteiger partial charge in [-0.3, -0.25) is 4.90 Å². The molecular weight excluding hydrogens is 581 g/mol. The Bertz CT molecular complexity index is 1810. The third-order valence-electron chi connectivity index (χ3n) is 9.08. The Morgan fingerprint density at radius 3 is 2.70 bits per heavy atom. The Kier molecular flexibility index (Phi) is 7.16. The van der Waals surface area contributed by atoms with Crippen molar-refractivity contribution in [1.29, 1.82) is 0 Å². The molecule has 0 N–H and O–H groups in total. The maximum atomic E-state index is 16.6. The summed E-state index contributed by atoms with van der Waals surface area (Å²) in [6.07, 6.45) is 8.78. The second kappa shape index (κ2) is 11.0. The number of hydrogen-bond acceptors (Lipinski definition) is 7. The molecule has 0 saturated carbocycles. The van der Waals surface area contributed by atoms with Crippen molar-refractivity contribution in [3.05, 3.63) is 47.7 Å². The molecular formula is C32H28F5N5O2. The zero-order valence-corrected chi connectivity index (χ0v) is 23.7. The predicted molar refractivity (Wildman–Crippen MR) is 155 cm³/mol. The molecule has 0 radical (unpaired) electrons. The van der Waals surface area contributed by atoms with Crippen LogP contribution in [0.3, 0.4) is 0 Å².